The first-order chi connectivity index (χ1) is 7.25. The predicted octanol–water partition coefficient (Wildman–Crippen LogP) is 2.02. The Bertz CT molecular complexity index is 339. The largest absolute Gasteiger partial charge is 0.396 e. The van der Waals surface area contributed by atoms with Crippen LogP contribution in [-0.2, 0) is 4.74 Å². The Morgan fingerprint density at radius 3 is 3.20 bits per heavy atom. The number of hydrogen-bond donors (Lipinski definition) is 2. The fourth-order valence-corrected chi connectivity index (χ4v) is 1.97. The summed E-state index contributed by atoms with van der Waals surface area (Å²) < 4.78 is 6.39. The van der Waals surface area contributed by atoms with Gasteiger partial charge >= 0.3 is 0 Å². The van der Waals surface area contributed by atoms with E-state index in [1.165, 1.54) is 0 Å². The molecule has 0 bridgehead atoms. The van der Waals surface area contributed by atoms with Crippen LogP contribution in [0.2, 0.25) is 0 Å². The van der Waals surface area contributed by atoms with Gasteiger partial charge in [-0.2, -0.15) is 0 Å². The Kier molecular flexibility index (Phi) is 3.43. The van der Waals surface area contributed by atoms with Crippen molar-refractivity contribution in [2.45, 2.75) is 18.9 Å². The number of hydrogen-bond acceptors (Lipinski definition) is 4. The van der Waals surface area contributed by atoms with Crippen molar-refractivity contribution in [3.05, 3.63) is 16.7 Å². The number of nitrogens with two attached hydrogens (primary N) is 1. The van der Waals surface area contributed by atoms with E-state index in [1.54, 1.807) is 6.20 Å². The van der Waals surface area contributed by atoms with Crippen LogP contribution in [0.3, 0.4) is 0 Å². The van der Waals surface area contributed by atoms with Crippen LogP contribution < -0.4 is 11.1 Å². The lowest BCUT2D eigenvalue weighted by molar-refractivity contribution is 0.120. The second-order valence-electron chi connectivity index (χ2n) is 3.61. The maximum Gasteiger partial charge on any atom is 0.149 e. The number of rotatable bonds is 3. The van der Waals surface area contributed by atoms with Crippen LogP contribution in [0.1, 0.15) is 12.8 Å². The number of aromatic nitrogens is 1. The minimum atomic E-state index is 0.301. The Labute approximate surface area is 97.3 Å². The van der Waals surface area contributed by atoms with Crippen molar-refractivity contribution in [1.29, 1.82) is 0 Å². The lowest BCUT2D eigenvalue weighted by Gasteiger charge is -2.12. The molecule has 1 aliphatic rings. The average Bonchev–Trinajstić information content (AvgIpc) is 2.69. The third-order valence-corrected chi connectivity index (χ3v) is 2.84. The van der Waals surface area contributed by atoms with Crippen LogP contribution in [0, 0.1) is 0 Å². The molecule has 2 heterocycles. The van der Waals surface area contributed by atoms with E-state index in [4.69, 9.17) is 10.5 Å². The molecule has 0 spiro atoms. The monoisotopic (exact) mass is 271 g/mol. The van der Waals surface area contributed by atoms with Gasteiger partial charge in [-0.15, -0.1) is 0 Å². The fraction of sp³-hybridized carbons (Fsp3) is 0.500. The molecule has 5 heteroatoms. The minimum Gasteiger partial charge on any atom is -0.396 e. The molecule has 1 aromatic rings. The number of pyridine rings is 1. The topological polar surface area (TPSA) is 60.2 Å². The first-order valence-corrected chi connectivity index (χ1v) is 5.81. The van der Waals surface area contributed by atoms with Crippen molar-refractivity contribution >= 4 is 27.4 Å². The van der Waals surface area contributed by atoms with Gasteiger partial charge in [0.25, 0.3) is 0 Å². The fourth-order valence-electron chi connectivity index (χ4n) is 1.62. The van der Waals surface area contributed by atoms with E-state index >= 15 is 0 Å². The highest BCUT2D eigenvalue weighted by Crippen LogP contribution is 2.20. The third-order valence-electron chi connectivity index (χ3n) is 2.40. The zero-order chi connectivity index (χ0) is 10.7. The number of anilines is 2. The van der Waals surface area contributed by atoms with E-state index in [2.05, 4.69) is 26.2 Å². The Hall–Kier alpha value is -0.810. The summed E-state index contributed by atoms with van der Waals surface area (Å²) in [5.41, 5.74) is 6.47. The van der Waals surface area contributed by atoms with Crippen molar-refractivity contribution < 1.29 is 4.74 Å². The van der Waals surface area contributed by atoms with E-state index in [9.17, 15) is 0 Å². The summed E-state index contributed by atoms with van der Waals surface area (Å²) in [5, 5.41) is 3.20. The highest BCUT2D eigenvalue weighted by molar-refractivity contribution is 9.10. The Morgan fingerprint density at radius 2 is 2.53 bits per heavy atom. The summed E-state index contributed by atoms with van der Waals surface area (Å²) in [6.45, 7) is 1.65. The molecule has 1 saturated heterocycles. The van der Waals surface area contributed by atoms with E-state index in [0.717, 1.165) is 36.3 Å². The molecule has 2 rings (SSSR count). The molecular weight excluding hydrogens is 258 g/mol. The van der Waals surface area contributed by atoms with Gasteiger partial charge in [0, 0.05) is 23.8 Å². The molecule has 4 nitrogen and oxygen atoms in total. The Morgan fingerprint density at radius 1 is 1.67 bits per heavy atom. The van der Waals surface area contributed by atoms with E-state index in [-0.39, 0.29) is 0 Å². The zero-order valence-corrected chi connectivity index (χ0v) is 9.96. The number of halogens is 1. The van der Waals surface area contributed by atoms with Crippen LogP contribution in [0.25, 0.3) is 0 Å². The molecule has 82 valence electrons. The number of nitrogen functional groups attached to an aromatic ring is 1. The molecule has 0 amide bonds. The molecule has 0 radical (unpaired) electrons. The average molecular weight is 272 g/mol. The molecule has 1 atom stereocenters. The highest BCUT2D eigenvalue weighted by Gasteiger charge is 2.15. The molecular formula is C10H14BrN3O. The summed E-state index contributed by atoms with van der Waals surface area (Å²) in [6, 6.07) is 1.84. The number of ether oxygens (including phenoxy) is 1. The molecule has 15 heavy (non-hydrogen) atoms. The summed E-state index contributed by atoms with van der Waals surface area (Å²) in [7, 11) is 0. The second-order valence-corrected chi connectivity index (χ2v) is 4.52. The van der Waals surface area contributed by atoms with Gasteiger partial charge in [0.15, 0.2) is 0 Å². The van der Waals surface area contributed by atoms with E-state index in [1.807, 2.05) is 6.07 Å². The lowest BCUT2D eigenvalue weighted by atomic mass is 10.2. The van der Waals surface area contributed by atoms with Crippen molar-refractivity contribution in [2.75, 3.05) is 24.2 Å². The summed E-state index contributed by atoms with van der Waals surface area (Å²) in [4.78, 5) is 4.20. The smallest absolute Gasteiger partial charge is 0.149 e. The van der Waals surface area contributed by atoms with Crippen LogP contribution in [-0.4, -0.2) is 24.2 Å². The second kappa shape index (κ2) is 4.81. The van der Waals surface area contributed by atoms with Gasteiger partial charge in [-0.3, -0.25) is 0 Å². The predicted molar refractivity (Wildman–Crippen MR) is 63.8 cm³/mol. The molecule has 3 N–H and O–H groups in total. The first-order valence-electron chi connectivity index (χ1n) is 5.02. The normalized spacial score (nSPS) is 20.5. The molecule has 0 saturated carbocycles. The van der Waals surface area contributed by atoms with Gasteiger partial charge in [-0.1, -0.05) is 0 Å². The van der Waals surface area contributed by atoms with Gasteiger partial charge in [0.05, 0.1) is 11.8 Å². The summed E-state index contributed by atoms with van der Waals surface area (Å²) in [5.74, 6) is 0.730. The molecule has 0 aliphatic carbocycles. The SMILES string of the molecule is Nc1cc(Br)cnc1NCC1CCCO1. The van der Waals surface area contributed by atoms with Crippen molar-refractivity contribution in [3.8, 4) is 0 Å². The van der Waals surface area contributed by atoms with Gasteiger partial charge in [0.1, 0.15) is 5.82 Å². The number of nitrogens with zero attached hydrogens (tertiary/aromatic N) is 1. The number of nitrogens with one attached hydrogen (secondary N) is 1. The summed E-state index contributed by atoms with van der Waals surface area (Å²) in [6.07, 6.45) is 4.29. The molecule has 1 unspecified atom stereocenters. The van der Waals surface area contributed by atoms with Gasteiger partial charge in [0.2, 0.25) is 0 Å². The minimum absolute atomic E-state index is 0.301. The summed E-state index contributed by atoms with van der Waals surface area (Å²) >= 11 is 3.32. The van der Waals surface area contributed by atoms with Crippen molar-refractivity contribution in [1.82, 2.24) is 4.98 Å². The quantitative estimate of drug-likeness (QED) is 0.883. The first kappa shape index (κ1) is 10.7. The third kappa shape index (κ3) is 2.82. The van der Waals surface area contributed by atoms with E-state index < -0.39 is 0 Å². The van der Waals surface area contributed by atoms with Crippen LogP contribution in [0.5, 0.6) is 0 Å². The van der Waals surface area contributed by atoms with Crippen LogP contribution in [0.4, 0.5) is 11.5 Å². The standard InChI is InChI=1S/C10H14BrN3O/c11-7-4-9(12)10(13-5-7)14-6-8-2-1-3-15-8/h4-5,8H,1-3,6,12H2,(H,13,14). The van der Waals surface area contributed by atoms with Crippen molar-refractivity contribution in [3.63, 3.8) is 0 Å². The molecule has 1 aromatic heterocycles. The maximum absolute atomic E-state index is 5.81. The Balaban J connectivity index is 1.92. The molecule has 1 fully saturated rings. The lowest BCUT2D eigenvalue weighted by Crippen LogP contribution is -2.19. The van der Waals surface area contributed by atoms with Gasteiger partial charge in [-0.25, -0.2) is 4.98 Å². The van der Waals surface area contributed by atoms with Crippen molar-refractivity contribution in [2.24, 2.45) is 0 Å². The van der Waals surface area contributed by atoms with Crippen LogP contribution >= 0.6 is 15.9 Å². The van der Waals surface area contributed by atoms with E-state index in [0.29, 0.717) is 11.8 Å². The van der Waals surface area contributed by atoms with Gasteiger partial charge < -0.3 is 15.8 Å². The zero-order valence-electron chi connectivity index (χ0n) is 8.37. The highest BCUT2D eigenvalue weighted by atomic mass is 79.9. The molecule has 1 aliphatic heterocycles. The molecule has 0 aromatic carbocycles. The van der Waals surface area contributed by atoms with Crippen LogP contribution in [0.15, 0.2) is 16.7 Å². The van der Waals surface area contributed by atoms with Gasteiger partial charge in [-0.05, 0) is 34.8 Å². The maximum atomic E-state index is 5.81.